The quantitative estimate of drug-likeness (QED) is 0.870. The van der Waals surface area contributed by atoms with Gasteiger partial charge in [0.25, 0.3) is 0 Å². The second-order valence-corrected chi connectivity index (χ2v) is 5.71. The highest BCUT2D eigenvalue weighted by molar-refractivity contribution is 5.50. The molecule has 1 saturated heterocycles. The van der Waals surface area contributed by atoms with Crippen LogP contribution < -0.4 is 5.32 Å². The monoisotopic (exact) mass is 314 g/mol. The van der Waals surface area contributed by atoms with Crippen molar-refractivity contribution in [2.45, 2.75) is 32.2 Å². The van der Waals surface area contributed by atoms with Crippen molar-refractivity contribution >= 4 is 11.6 Å². The van der Waals surface area contributed by atoms with Gasteiger partial charge in [-0.1, -0.05) is 6.42 Å². The van der Waals surface area contributed by atoms with Gasteiger partial charge in [-0.2, -0.15) is 0 Å². The predicted molar refractivity (Wildman–Crippen MR) is 87.3 cm³/mol. The molecule has 0 aliphatic carbocycles. The highest BCUT2D eigenvalue weighted by atomic mass is 16.3. The summed E-state index contributed by atoms with van der Waals surface area (Å²) in [6, 6.07) is 2.21. The lowest BCUT2D eigenvalue weighted by Crippen LogP contribution is -2.36. The Hall–Kier alpha value is -2.12. The molecule has 23 heavy (non-hydrogen) atoms. The van der Waals surface area contributed by atoms with Crippen molar-refractivity contribution in [2.75, 3.05) is 25.0 Å². The molecule has 0 radical (unpaired) electrons. The van der Waals surface area contributed by atoms with Crippen molar-refractivity contribution in [3.63, 3.8) is 0 Å². The summed E-state index contributed by atoms with van der Waals surface area (Å²) in [5.74, 6) is 2.11. The average Bonchev–Trinajstić information content (AvgIpc) is 2.56. The fourth-order valence-corrected chi connectivity index (χ4v) is 3.04. The molecule has 7 heteroatoms. The molecule has 0 saturated carbocycles. The Morgan fingerprint density at radius 2 is 2.17 bits per heavy atom. The number of anilines is 2. The zero-order valence-electron chi connectivity index (χ0n) is 13.3. The van der Waals surface area contributed by atoms with Gasteiger partial charge in [0.2, 0.25) is 0 Å². The lowest BCUT2D eigenvalue weighted by molar-refractivity contribution is 0.114. The Labute approximate surface area is 135 Å². The van der Waals surface area contributed by atoms with E-state index >= 15 is 0 Å². The molecule has 0 spiro atoms. The zero-order chi connectivity index (χ0) is 16.1. The molecule has 2 aromatic rings. The van der Waals surface area contributed by atoms with Gasteiger partial charge in [0.05, 0.1) is 24.5 Å². The Balaban J connectivity index is 1.84. The molecule has 0 unspecified atom stereocenters. The summed E-state index contributed by atoms with van der Waals surface area (Å²) in [6.07, 6.45) is 8.35. The minimum Gasteiger partial charge on any atom is -0.395 e. The Bertz CT molecular complexity index is 634. The fourth-order valence-electron chi connectivity index (χ4n) is 3.04. The molecule has 2 N–H and O–H groups in total. The number of aromatic nitrogens is 4. The summed E-state index contributed by atoms with van der Waals surface area (Å²) in [5, 5.41) is 12.5. The second-order valence-electron chi connectivity index (χ2n) is 5.71. The smallest absolute Gasteiger partial charge is 0.150 e. The number of piperidine rings is 1. The molecule has 1 aliphatic rings. The normalized spacial score (nSPS) is 18.8. The highest BCUT2D eigenvalue weighted by Gasteiger charge is 2.25. The van der Waals surface area contributed by atoms with E-state index in [1.165, 1.54) is 12.8 Å². The molecular formula is C16H22N6O. The first-order valence-electron chi connectivity index (χ1n) is 8.00. The van der Waals surface area contributed by atoms with Crippen LogP contribution in [0.25, 0.3) is 0 Å². The standard InChI is InChI=1S/C16H22N6O/c1-12-19-13(14-4-2-3-7-22(14)8-9-23)10-15(20-12)21-16-11-17-5-6-18-16/h5-6,10-11,14,23H,2-4,7-9H2,1H3,(H,18,19,20,21)/t14-/m1/s1. The van der Waals surface area contributed by atoms with E-state index in [9.17, 15) is 5.11 Å². The van der Waals surface area contributed by atoms with E-state index in [1.54, 1.807) is 18.6 Å². The second kappa shape index (κ2) is 7.43. The Morgan fingerprint density at radius 3 is 2.96 bits per heavy atom. The Morgan fingerprint density at radius 1 is 1.26 bits per heavy atom. The zero-order valence-corrected chi connectivity index (χ0v) is 13.3. The molecule has 1 fully saturated rings. The van der Waals surface area contributed by atoms with Crippen molar-refractivity contribution in [1.29, 1.82) is 0 Å². The topological polar surface area (TPSA) is 87.1 Å². The van der Waals surface area contributed by atoms with Gasteiger partial charge in [-0.15, -0.1) is 0 Å². The van der Waals surface area contributed by atoms with Crippen molar-refractivity contribution in [3.05, 3.63) is 36.2 Å². The molecule has 0 aromatic carbocycles. The summed E-state index contributed by atoms with van der Waals surface area (Å²) in [7, 11) is 0. The number of nitrogens with zero attached hydrogens (tertiary/aromatic N) is 5. The summed E-state index contributed by atoms with van der Waals surface area (Å²) < 4.78 is 0. The number of aliphatic hydroxyl groups is 1. The van der Waals surface area contributed by atoms with Gasteiger partial charge in [0.1, 0.15) is 17.5 Å². The molecule has 122 valence electrons. The van der Waals surface area contributed by atoms with Crippen LogP contribution in [0.5, 0.6) is 0 Å². The van der Waals surface area contributed by atoms with E-state index in [1.807, 2.05) is 13.0 Å². The summed E-state index contributed by atoms with van der Waals surface area (Å²) in [4.78, 5) is 19.6. The van der Waals surface area contributed by atoms with Crippen molar-refractivity contribution in [3.8, 4) is 0 Å². The lowest BCUT2D eigenvalue weighted by atomic mass is 9.99. The first-order chi connectivity index (χ1) is 11.3. The first kappa shape index (κ1) is 15.8. The van der Waals surface area contributed by atoms with Crippen LogP contribution in [0.15, 0.2) is 24.7 Å². The third kappa shape index (κ3) is 4.00. The van der Waals surface area contributed by atoms with Gasteiger partial charge in [0, 0.05) is 25.0 Å². The third-order valence-electron chi connectivity index (χ3n) is 4.02. The first-order valence-corrected chi connectivity index (χ1v) is 8.00. The van der Waals surface area contributed by atoms with Crippen LogP contribution in [0.4, 0.5) is 11.6 Å². The number of likely N-dealkylation sites (tertiary alicyclic amines) is 1. The third-order valence-corrected chi connectivity index (χ3v) is 4.02. The average molecular weight is 314 g/mol. The fraction of sp³-hybridized carbons (Fsp3) is 0.500. The van der Waals surface area contributed by atoms with Gasteiger partial charge >= 0.3 is 0 Å². The SMILES string of the molecule is Cc1nc(Nc2cnccn2)cc([C@H]2CCCCN2CCO)n1. The van der Waals surface area contributed by atoms with Crippen molar-refractivity contribution in [2.24, 2.45) is 0 Å². The molecule has 1 aliphatic heterocycles. The van der Waals surface area contributed by atoms with Gasteiger partial charge < -0.3 is 10.4 Å². The lowest BCUT2D eigenvalue weighted by Gasteiger charge is -2.35. The van der Waals surface area contributed by atoms with E-state index in [-0.39, 0.29) is 12.6 Å². The summed E-state index contributed by atoms with van der Waals surface area (Å²) in [6.45, 7) is 3.75. The molecule has 0 amide bonds. The molecule has 7 nitrogen and oxygen atoms in total. The van der Waals surface area contributed by atoms with Crippen LogP contribution in [-0.2, 0) is 0 Å². The summed E-state index contributed by atoms with van der Waals surface area (Å²) >= 11 is 0. The van der Waals surface area contributed by atoms with E-state index in [4.69, 9.17) is 0 Å². The highest BCUT2D eigenvalue weighted by Crippen LogP contribution is 2.30. The Kier molecular flexibility index (Phi) is 5.09. The molecule has 3 rings (SSSR count). The van der Waals surface area contributed by atoms with E-state index < -0.39 is 0 Å². The maximum absolute atomic E-state index is 9.29. The van der Waals surface area contributed by atoms with E-state index in [0.29, 0.717) is 12.4 Å². The number of rotatable bonds is 5. The van der Waals surface area contributed by atoms with Gasteiger partial charge in [-0.05, 0) is 26.3 Å². The molecular weight excluding hydrogens is 292 g/mol. The molecule has 1 atom stereocenters. The number of hydrogen-bond donors (Lipinski definition) is 2. The maximum atomic E-state index is 9.29. The van der Waals surface area contributed by atoms with Crippen LogP contribution in [-0.4, -0.2) is 49.6 Å². The van der Waals surface area contributed by atoms with Crippen molar-refractivity contribution in [1.82, 2.24) is 24.8 Å². The van der Waals surface area contributed by atoms with Gasteiger partial charge in [-0.25, -0.2) is 15.0 Å². The predicted octanol–water partition coefficient (Wildman–Crippen LogP) is 1.84. The number of aryl methyl sites for hydroxylation is 1. The number of nitrogens with one attached hydrogen (secondary N) is 1. The largest absolute Gasteiger partial charge is 0.395 e. The van der Waals surface area contributed by atoms with Crippen LogP contribution in [0.3, 0.4) is 0 Å². The molecule has 0 bridgehead atoms. The van der Waals surface area contributed by atoms with Crippen LogP contribution in [0.2, 0.25) is 0 Å². The number of β-amino-alcohol motifs (C(OH)–C–C–N with tert-alkyl or cyclic N) is 1. The van der Waals surface area contributed by atoms with Gasteiger partial charge in [-0.3, -0.25) is 9.88 Å². The minimum absolute atomic E-state index is 0.172. The van der Waals surface area contributed by atoms with Crippen molar-refractivity contribution < 1.29 is 5.11 Å². The number of aliphatic hydroxyl groups excluding tert-OH is 1. The minimum atomic E-state index is 0.172. The van der Waals surface area contributed by atoms with Crippen LogP contribution in [0.1, 0.15) is 36.8 Å². The van der Waals surface area contributed by atoms with E-state index in [0.717, 1.165) is 30.3 Å². The van der Waals surface area contributed by atoms with Gasteiger partial charge in [0.15, 0.2) is 0 Å². The van der Waals surface area contributed by atoms with E-state index in [2.05, 4.69) is 30.2 Å². The van der Waals surface area contributed by atoms with Crippen LogP contribution in [0, 0.1) is 6.92 Å². The maximum Gasteiger partial charge on any atom is 0.150 e. The molecule has 3 heterocycles. The molecule has 2 aromatic heterocycles. The summed E-state index contributed by atoms with van der Waals surface area (Å²) in [5.41, 5.74) is 0.997. The number of hydrogen-bond acceptors (Lipinski definition) is 7. The van der Waals surface area contributed by atoms with Crippen LogP contribution >= 0.6 is 0 Å².